The summed E-state index contributed by atoms with van der Waals surface area (Å²) < 4.78 is 5.63. The van der Waals surface area contributed by atoms with Gasteiger partial charge in [-0.25, -0.2) is 0 Å². The Morgan fingerprint density at radius 3 is 2.04 bits per heavy atom. The summed E-state index contributed by atoms with van der Waals surface area (Å²) in [5, 5.41) is 0. The van der Waals surface area contributed by atoms with E-state index in [0.29, 0.717) is 19.1 Å². The normalized spacial score (nSPS) is 10.6. The molecular formula is C26H45NO. The van der Waals surface area contributed by atoms with Gasteiger partial charge in [-0.3, -0.25) is 4.99 Å². The Morgan fingerprint density at radius 2 is 1.61 bits per heavy atom. The Kier molecular flexibility index (Phi) is 27.6. The van der Waals surface area contributed by atoms with Crippen molar-refractivity contribution >= 4 is 5.71 Å². The minimum atomic E-state index is 0.664. The summed E-state index contributed by atoms with van der Waals surface area (Å²) in [4.78, 5) is 4.70. The monoisotopic (exact) mass is 387 g/mol. The maximum absolute atomic E-state index is 5.63. The van der Waals surface area contributed by atoms with Gasteiger partial charge in [-0.1, -0.05) is 97.0 Å². The van der Waals surface area contributed by atoms with Crippen LogP contribution in [0.5, 0.6) is 0 Å². The fraction of sp³-hybridized carbons (Fsp3) is 0.500. The van der Waals surface area contributed by atoms with Crippen molar-refractivity contribution in [2.24, 2.45) is 10.9 Å². The average Bonchev–Trinajstić information content (AvgIpc) is 2.74. The highest BCUT2D eigenvalue weighted by Gasteiger charge is 2.05. The van der Waals surface area contributed by atoms with Crippen LogP contribution < -0.4 is 0 Å². The zero-order valence-electron chi connectivity index (χ0n) is 19.6. The van der Waals surface area contributed by atoms with E-state index in [1.807, 2.05) is 51.1 Å². The molecule has 0 N–H and O–H groups in total. The lowest BCUT2D eigenvalue weighted by atomic mass is 10.0. The topological polar surface area (TPSA) is 21.6 Å². The van der Waals surface area contributed by atoms with Gasteiger partial charge in [0.25, 0.3) is 0 Å². The fourth-order valence-corrected chi connectivity index (χ4v) is 1.94. The van der Waals surface area contributed by atoms with Gasteiger partial charge in [-0.05, 0) is 24.8 Å². The number of aliphatic imine (C=N–C) groups is 1. The van der Waals surface area contributed by atoms with Crippen LogP contribution in [-0.4, -0.2) is 25.5 Å². The number of hydrogen-bond acceptors (Lipinski definition) is 2. The number of ether oxygens (including phenoxy) is 1. The lowest BCUT2D eigenvalue weighted by molar-refractivity contribution is 0.131. The molecule has 0 saturated carbocycles. The van der Waals surface area contributed by atoms with Crippen LogP contribution in [0.15, 0.2) is 72.8 Å². The van der Waals surface area contributed by atoms with Crippen molar-refractivity contribution in [3.63, 3.8) is 0 Å². The van der Waals surface area contributed by atoms with E-state index in [1.54, 1.807) is 0 Å². The summed E-state index contributed by atoms with van der Waals surface area (Å²) in [6.07, 6.45) is 6.24. The lowest BCUT2D eigenvalue weighted by Crippen LogP contribution is -2.08. The lowest BCUT2D eigenvalue weighted by Gasteiger charge is -2.09. The van der Waals surface area contributed by atoms with Gasteiger partial charge in [0.2, 0.25) is 0 Å². The van der Waals surface area contributed by atoms with Crippen LogP contribution in [0.3, 0.4) is 0 Å². The molecule has 0 amide bonds. The molecule has 0 heterocycles. The predicted octanol–water partition coefficient (Wildman–Crippen LogP) is 7.92. The van der Waals surface area contributed by atoms with Crippen molar-refractivity contribution in [2.75, 3.05) is 19.8 Å². The first kappa shape index (κ1) is 30.8. The second-order valence-corrected chi connectivity index (χ2v) is 6.05. The van der Waals surface area contributed by atoms with Gasteiger partial charge in [0.15, 0.2) is 0 Å². The minimum Gasteiger partial charge on any atom is -0.380 e. The van der Waals surface area contributed by atoms with Gasteiger partial charge in [0, 0.05) is 12.2 Å². The molecule has 0 bridgehead atoms. The zero-order chi connectivity index (χ0) is 22.2. The molecule has 0 radical (unpaired) electrons. The quantitative estimate of drug-likeness (QED) is 0.182. The second kappa shape index (κ2) is 25.1. The smallest absolute Gasteiger partial charge is 0.0716 e. The first-order chi connectivity index (χ1) is 13.6. The van der Waals surface area contributed by atoms with Gasteiger partial charge >= 0.3 is 0 Å². The molecule has 0 aliphatic heterocycles. The van der Waals surface area contributed by atoms with E-state index in [1.165, 1.54) is 6.42 Å². The maximum atomic E-state index is 5.63. The molecule has 0 aliphatic carbocycles. The third-order valence-electron chi connectivity index (χ3n) is 3.20. The second-order valence-electron chi connectivity index (χ2n) is 6.05. The van der Waals surface area contributed by atoms with Crippen molar-refractivity contribution in [3.05, 3.63) is 73.4 Å². The molecule has 1 rings (SSSR count). The minimum absolute atomic E-state index is 0.664. The molecule has 2 nitrogen and oxygen atoms in total. The molecule has 1 aromatic carbocycles. The van der Waals surface area contributed by atoms with Crippen molar-refractivity contribution in [3.8, 4) is 0 Å². The van der Waals surface area contributed by atoms with Crippen molar-refractivity contribution in [1.82, 2.24) is 0 Å². The fourth-order valence-electron chi connectivity index (χ4n) is 1.94. The van der Waals surface area contributed by atoms with Gasteiger partial charge in [-0.2, -0.15) is 0 Å². The molecule has 0 spiro atoms. The van der Waals surface area contributed by atoms with E-state index in [0.717, 1.165) is 29.9 Å². The molecule has 0 aromatic heterocycles. The highest BCUT2D eigenvalue weighted by Crippen LogP contribution is 2.11. The largest absolute Gasteiger partial charge is 0.380 e. The van der Waals surface area contributed by atoms with Crippen LogP contribution in [0.25, 0.3) is 0 Å². The molecule has 2 heteroatoms. The summed E-state index contributed by atoms with van der Waals surface area (Å²) in [5.74, 6) is 0.684. The molecule has 0 unspecified atom stereocenters. The summed E-state index contributed by atoms with van der Waals surface area (Å²) in [6, 6.07) is 10.2. The number of rotatable bonds is 9. The van der Waals surface area contributed by atoms with E-state index in [9.17, 15) is 0 Å². The van der Waals surface area contributed by atoms with Crippen molar-refractivity contribution < 1.29 is 4.74 Å². The third-order valence-corrected chi connectivity index (χ3v) is 3.20. The summed E-state index contributed by atoms with van der Waals surface area (Å²) >= 11 is 0. The average molecular weight is 388 g/mol. The van der Waals surface area contributed by atoms with Crippen LogP contribution >= 0.6 is 0 Å². The Bertz CT molecular complexity index is 500. The molecule has 160 valence electrons. The summed E-state index contributed by atoms with van der Waals surface area (Å²) in [6.45, 7) is 26.7. The van der Waals surface area contributed by atoms with Crippen LogP contribution in [0, 0.1) is 5.92 Å². The van der Waals surface area contributed by atoms with Gasteiger partial charge in [-0.15, -0.1) is 13.2 Å². The van der Waals surface area contributed by atoms with Crippen LogP contribution in [0.2, 0.25) is 0 Å². The molecule has 0 fully saturated rings. The van der Waals surface area contributed by atoms with Crippen molar-refractivity contribution in [1.29, 1.82) is 0 Å². The third kappa shape index (κ3) is 17.5. The highest BCUT2D eigenvalue weighted by atomic mass is 16.5. The van der Waals surface area contributed by atoms with Crippen molar-refractivity contribution in [2.45, 2.75) is 61.3 Å². The van der Waals surface area contributed by atoms with Gasteiger partial charge in [0.1, 0.15) is 0 Å². The first-order valence-electron chi connectivity index (χ1n) is 10.6. The molecule has 0 aliphatic rings. The van der Waals surface area contributed by atoms with Crippen LogP contribution in [0.4, 0.5) is 0 Å². The standard InChI is InChI=1S/C19H27NO.C3H8.C2H6.C2H4/c1-5-17(6-2)19(18-10-8-7-9-11-18)20-13-15-21-14-12-16(3)4;1-3-2;2*1-2/h5-11,16H,1,12-15H2,2-4H3;3H2,1-2H3;1-2H3;1-2H2/b17-6+,20-19?;;;. The Balaban J connectivity index is -0.000000789. The number of allylic oxidation sites excluding steroid dienone is 3. The van der Waals surface area contributed by atoms with E-state index in [4.69, 9.17) is 9.73 Å². The Morgan fingerprint density at radius 1 is 1.07 bits per heavy atom. The first-order valence-corrected chi connectivity index (χ1v) is 10.6. The molecule has 0 saturated heterocycles. The highest BCUT2D eigenvalue weighted by molar-refractivity contribution is 6.14. The Labute approximate surface area is 176 Å². The van der Waals surface area contributed by atoms with E-state index >= 15 is 0 Å². The van der Waals surface area contributed by atoms with E-state index in [-0.39, 0.29) is 0 Å². The molecule has 28 heavy (non-hydrogen) atoms. The van der Waals surface area contributed by atoms with Gasteiger partial charge in [0.05, 0.1) is 18.9 Å². The van der Waals surface area contributed by atoms with Crippen LogP contribution in [0.1, 0.15) is 66.9 Å². The predicted molar refractivity (Wildman–Crippen MR) is 131 cm³/mol. The van der Waals surface area contributed by atoms with Crippen LogP contribution in [-0.2, 0) is 4.74 Å². The SMILES string of the molecule is C=C.C=C/C(=C\C)C(=NCCOCCC(C)C)c1ccccc1.CC.CCC. The van der Waals surface area contributed by atoms with Gasteiger partial charge < -0.3 is 4.74 Å². The molecular weight excluding hydrogens is 342 g/mol. The summed E-state index contributed by atoms with van der Waals surface area (Å²) in [7, 11) is 0. The Hall–Kier alpha value is -1.93. The molecule has 0 atom stereocenters. The van der Waals surface area contributed by atoms with E-state index in [2.05, 4.69) is 59.6 Å². The van der Waals surface area contributed by atoms with E-state index < -0.39 is 0 Å². The maximum Gasteiger partial charge on any atom is 0.0716 e. The number of benzene rings is 1. The summed E-state index contributed by atoms with van der Waals surface area (Å²) in [5.41, 5.74) is 3.16. The zero-order valence-corrected chi connectivity index (χ0v) is 19.6. The number of nitrogens with zero attached hydrogens (tertiary/aromatic N) is 1. The number of hydrogen-bond donors (Lipinski definition) is 0. The molecule has 1 aromatic rings.